The molecule has 0 spiro atoms. The zero-order valence-corrected chi connectivity index (χ0v) is 12.0. The van der Waals surface area contributed by atoms with E-state index in [9.17, 15) is 0 Å². The van der Waals surface area contributed by atoms with Crippen LogP contribution in [0.25, 0.3) is 0 Å². The van der Waals surface area contributed by atoms with Gasteiger partial charge in [0.1, 0.15) is 17.1 Å². The van der Waals surface area contributed by atoms with Crippen LogP contribution in [0, 0.1) is 0 Å². The molecule has 0 bridgehead atoms. The third kappa shape index (κ3) is 5.41. The van der Waals surface area contributed by atoms with E-state index in [0.717, 1.165) is 37.6 Å². The molecular formula is C15H25NO2. The van der Waals surface area contributed by atoms with Crippen molar-refractivity contribution in [2.75, 3.05) is 19.7 Å². The molecule has 0 aliphatic rings. The van der Waals surface area contributed by atoms with E-state index in [2.05, 4.69) is 33.0 Å². The number of nitrogens with one attached hydrogen (secondary N) is 1. The first-order chi connectivity index (χ1) is 8.57. The van der Waals surface area contributed by atoms with Gasteiger partial charge >= 0.3 is 0 Å². The van der Waals surface area contributed by atoms with Crippen molar-refractivity contribution < 1.29 is 9.47 Å². The summed E-state index contributed by atoms with van der Waals surface area (Å²) in [6, 6.07) is 7.82. The summed E-state index contributed by atoms with van der Waals surface area (Å²) in [4.78, 5) is 0. The molecule has 1 aromatic rings. The molecule has 18 heavy (non-hydrogen) atoms. The van der Waals surface area contributed by atoms with Crippen molar-refractivity contribution in [1.82, 2.24) is 5.32 Å². The molecular weight excluding hydrogens is 226 g/mol. The van der Waals surface area contributed by atoms with Gasteiger partial charge in [-0.25, -0.2) is 0 Å². The maximum atomic E-state index is 5.95. The maximum absolute atomic E-state index is 5.95. The SMILES string of the molecule is CCCOc1ccc(OC(C)(C)CNCC)cc1. The number of benzene rings is 1. The first-order valence-corrected chi connectivity index (χ1v) is 6.70. The first kappa shape index (κ1) is 14.8. The van der Waals surface area contributed by atoms with Gasteiger partial charge in [-0.2, -0.15) is 0 Å². The van der Waals surface area contributed by atoms with E-state index < -0.39 is 0 Å². The Hall–Kier alpha value is -1.22. The predicted octanol–water partition coefficient (Wildman–Crippen LogP) is 3.24. The van der Waals surface area contributed by atoms with Gasteiger partial charge in [-0.1, -0.05) is 13.8 Å². The van der Waals surface area contributed by atoms with E-state index in [1.807, 2.05) is 24.3 Å². The van der Waals surface area contributed by atoms with Crippen LogP contribution >= 0.6 is 0 Å². The van der Waals surface area contributed by atoms with Gasteiger partial charge in [0.2, 0.25) is 0 Å². The van der Waals surface area contributed by atoms with Crippen molar-refractivity contribution >= 4 is 0 Å². The molecule has 0 amide bonds. The summed E-state index contributed by atoms with van der Waals surface area (Å²) in [5, 5.41) is 3.30. The lowest BCUT2D eigenvalue weighted by Gasteiger charge is -2.26. The quantitative estimate of drug-likeness (QED) is 0.769. The standard InChI is InChI=1S/C15H25NO2/c1-5-11-17-13-7-9-14(10-8-13)18-15(3,4)12-16-6-2/h7-10,16H,5-6,11-12H2,1-4H3. The smallest absolute Gasteiger partial charge is 0.120 e. The Bertz CT molecular complexity index is 333. The van der Waals surface area contributed by atoms with E-state index in [-0.39, 0.29) is 5.60 Å². The van der Waals surface area contributed by atoms with Crippen molar-refractivity contribution in [2.24, 2.45) is 0 Å². The molecule has 3 heteroatoms. The van der Waals surface area contributed by atoms with Gasteiger partial charge in [0.25, 0.3) is 0 Å². The molecule has 0 aliphatic carbocycles. The van der Waals surface area contributed by atoms with Crippen LogP contribution in [0.5, 0.6) is 11.5 Å². The lowest BCUT2D eigenvalue weighted by atomic mass is 10.1. The zero-order chi connectivity index (χ0) is 13.4. The van der Waals surface area contributed by atoms with Crippen molar-refractivity contribution in [2.45, 2.75) is 39.7 Å². The second-order valence-electron chi connectivity index (χ2n) is 4.96. The molecule has 102 valence electrons. The van der Waals surface area contributed by atoms with E-state index in [1.54, 1.807) is 0 Å². The number of hydrogen-bond acceptors (Lipinski definition) is 3. The Morgan fingerprint density at radius 1 is 1.06 bits per heavy atom. The molecule has 0 heterocycles. The van der Waals surface area contributed by atoms with Gasteiger partial charge in [-0.3, -0.25) is 0 Å². The summed E-state index contributed by atoms with van der Waals surface area (Å²) < 4.78 is 11.5. The van der Waals surface area contributed by atoms with E-state index in [1.165, 1.54) is 0 Å². The van der Waals surface area contributed by atoms with Crippen LogP contribution in [0.3, 0.4) is 0 Å². The summed E-state index contributed by atoms with van der Waals surface area (Å²) in [5.74, 6) is 1.77. The number of likely N-dealkylation sites (N-methyl/N-ethyl adjacent to an activating group) is 1. The lowest BCUT2D eigenvalue weighted by Crippen LogP contribution is -2.40. The Labute approximate surface area is 110 Å². The Kier molecular flexibility index (Phi) is 5.99. The van der Waals surface area contributed by atoms with E-state index >= 15 is 0 Å². The van der Waals surface area contributed by atoms with Gasteiger partial charge in [-0.15, -0.1) is 0 Å². The van der Waals surface area contributed by atoms with Gasteiger partial charge in [0, 0.05) is 6.54 Å². The minimum Gasteiger partial charge on any atom is -0.494 e. The fourth-order valence-electron chi connectivity index (χ4n) is 1.60. The molecule has 0 atom stereocenters. The van der Waals surface area contributed by atoms with Crippen molar-refractivity contribution in [3.8, 4) is 11.5 Å². The second kappa shape index (κ2) is 7.27. The molecule has 0 aliphatic heterocycles. The molecule has 0 aromatic heterocycles. The van der Waals surface area contributed by atoms with Crippen LogP contribution < -0.4 is 14.8 Å². The molecule has 0 saturated heterocycles. The summed E-state index contributed by atoms with van der Waals surface area (Å²) >= 11 is 0. The highest BCUT2D eigenvalue weighted by Crippen LogP contribution is 2.21. The minimum absolute atomic E-state index is 0.207. The molecule has 1 aromatic carbocycles. The summed E-state index contributed by atoms with van der Waals surface area (Å²) in [6.07, 6.45) is 1.02. The average molecular weight is 251 g/mol. The fraction of sp³-hybridized carbons (Fsp3) is 0.600. The van der Waals surface area contributed by atoms with Gasteiger partial charge in [-0.05, 0) is 51.1 Å². The maximum Gasteiger partial charge on any atom is 0.120 e. The Morgan fingerprint density at radius 3 is 2.22 bits per heavy atom. The predicted molar refractivity (Wildman–Crippen MR) is 75.5 cm³/mol. The van der Waals surface area contributed by atoms with Gasteiger partial charge < -0.3 is 14.8 Å². The van der Waals surface area contributed by atoms with Crippen LogP contribution in [-0.4, -0.2) is 25.3 Å². The molecule has 0 fully saturated rings. The zero-order valence-electron chi connectivity index (χ0n) is 12.0. The van der Waals surface area contributed by atoms with Crippen molar-refractivity contribution in [3.05, 3.63) is 24.3 Å². The van der Waals surface area contributed by atoms with E-state index in [4.69, 9.17) is 9.47 Å². The number of hydrogen-bond donors (Lipinski definition) is 1. The van der Waals surface area contributed by atoms with Crippen LogP contribution in [0.2, 0.25) is 0 Å². The van der Waals surface area contributed by atoms with Crippen LogP contribution in [-0.2, 0) is 0 Å². The first-order valence-electron chi connectivity index (χ1n) is 6.70. The lowest BCUT2D eigenvalue weighted by molar-refractivity contribution is 0.108. The third-order valence-corrected chi connectivity index (χ3v) is 2.49. The summed E-state index contributed by atoms with van der Waals surface area (Å²) in [6.45, 7) is 10.9. The Morgan fingerprint density at radius 2 is 1.67 bits per heavy atom. The van der Waals surface area contributed by atoms with Crippen LogP contribution in [0.1, 0.15) is 34.1 Å². The normalized spacial score (nSPS) is 11.3. The fourth-order valence-corrected chi connectivity index (χ4v) is 1.60. The molecule has 0 saturated carbocycles. The largest absolute Gasteiger partial charge is 0.494 e. The highest BCUT2D eigenvalue weighted by atomic mass is 16.5. The highest BCUT2D eigenvalue weighted by Gasteiger charge is 2.18. The van der Waals surface area contributed by atoms with Crippen LogP contribution in [0.4, 0.5) is 0 Å². The topological polar surface area (TPSA) is 30.5 Å². The molecule has 3 nitrogen and oxygen atoms in total. The number of rotatable bonds is 8. The molecule has 1 N–H and O–H groups in total. The summed E-state index contributed by atoms with van der Waals surface area (Å²) in [7, 11) is 0. The highest BCUT2D eigenvalue weighted by molar-refractivity contribution is 5.31. The molecule has 0 radical (unpaired) electrons. The number of ether oxygens (including phenoxy) is 2. The Balaban J connectivity index is 2.51. The molecule has 0 unspecified atom stereocenters. The minimum atomic E-state index is -0.207. The second-order valence-corrected chi connectivity index (χ2v) is 4.96. The van der Waals surface area contributed by atoms with Crippen LogP contribution in [0.15, 0.2) is 24.3 Å². The molecule has 1 rings (SSSR count). The monoisotopic (exact) mass is 251 g/mol. The van der Waals surface area contributed by atoms with Crippen molar-refractivity contribution in [1.29, 1.82) is 0 Å². The third-order valence-electron chi connectivity index (χ3n) is 2.49. The van der Waals surface area contributed by atoms with Gasteiger partial charge in [0.15, 0.2) is 0 Å². The van der Waals surface area contributed by atoms with Crippen molar-refractivity contribution in [3.63, 3.8) is 0 Å². The van der Waals surface area contributed by atoms with E-state index in [0.29, 0.717) is 0 Å². The van der Waals surface area contributed by atoms with Gasteiger partial charge in [0.05, 0.1) is 6.61 Å². The average Bonchev–Trinajstić information content (AvgIpc) is 2.35. The summed E-state index contributed by atoms with van der Waals surface area (Å²) in [5.41, 5.74) is -0.207.